The third-order valence-electron chi connectivity index (χ3n) is 3.01. The SMILES string of the molecule is CC(CO)(COC(=O)c1cccc(Cl)c1)[Se]c1ccccc1. The predicted molar refractivity (Wildman–Crippen MR) is 89.0 cm³/mol. The third-order valence-corrected chi connectivity index (χ3v) is 5.86. The average Bonchev–Trinajstić information content (AvgIpc) is 2.53. The van der Waals surface area contributed by atoms with Crippen LogP contribution in [0.2, 0.25) is 9.34 Å². The Morgan fingerprint density at radius 1 is 1.23 bits per heavy atom. The van der Waals surface area contributed by atoms with Gasteiger partial charge in [-0.15, -0.1) is 0 Å². The average molecular weight is 384 g/mol. The van der Waals surface area contributed by atoms with Crippen LogP contribution in [0.15, 0.2) is 54.6 Å². The number of hydrogen-bond acceptors (Lipinski definition) is 3. The Bertz CT molecular complexity index is 633. The Hall–Kier alpha value is -1.32. The van der Waals surface area contributed by atoms with Gasteiger partial charge in [0.05, 0.1) is 0 Å². The Balaban J connectivity index is 1.99. The molecule has 2 rings (SSSR count). The minimum atomic E-state index is -0.456. The van der Waals surface area contributed by atoms with Crippen molar-refractivity contribution in [2.24, 2.45) is 0 Å². The van der Waals surface area contributed by atoms with E-state index in [9.17, 15) is 9.90 Å². The molecule has 0 saturated carbocycles. The zero-order chi connectivity index (χ0) is 16.0. The van der Waals surface area contributed by atoms with Crippen LogP contribution in [0, 0.1) is 0 Å². The van der Waals surface area contributed by atoms with Crippen molar-refractivity contribution in [2.75, 3.05) is 13.2 Å². The summed E-state index contributed by atoms with van der Waals surface area (Å²) in [5.41, 5.74) is 0.417. The van der Waals surface area contributed by atoms with Crippen LogP contribution in [0.1, 0.15) is 17.3 Å². The number of carbonyl (C=O) groups is 1. The summed E-state index contributed by atoms with van der Waals surface area (Å²) in [7, 11) is 0. The number of carbonyl (C=O) groups excluding carboxylic acids is 1. The van der Waals surface area contributed by atoms with E-state index < -0.39 is 10.3 Å². The molecule has 116 valence electrons. The second-order valence-corrected chi connectivity index (χ2v) is 9.03. The van der Waals surface area contributed by atoms with E-state index in [1.165, 1.54) is 0 Å². The van der Waals surface area contributed by atoms with E-state index >= 15 is 0 Å². The molecule has 2 aromatic carbocycles. The standard InChI is InChI=1S/C17H17ClO3Se/c1-17(11-19,22-15-8-3-2-4-9-15)12-21-16(20)13-6-5-7-14(18)10-13/h2-10,19H,11-12H2,1H3. The monoisotopic (exact) mass is 384 g/mol. The van der Waals surface area contributed by atoms with E-state index in [1.807, 2.05) is 37.3 Å². The Kier molecular flexibility index (Phi) is 6.04. The number of hydrogen-bond donors (Lipinski definition) is 1. The summed E-state index contributed by atoms with van der Waals surface area (Å²) in [5, 5.41) is 10.2. The van der Waals surface area contributed by atoms with Gasteiger partial charge in [0.15, 0.2) is 0 Å². The zero-order valence-corrected chi connectivity index (χ0v) is 14.6. The van der Waals surface area contributed by atoms with Crippen molar-refractivity contribution >= 4 is 37.0 Å². The second-order valence-electron chi connectivity index (χ2n) is 5.11. The summed E-state index contributed by atoms with van der Waals surface area (Å²) >= 11 is 5.87. The number of rotatable bonds is 6. The molecule has 0 amide bonds. The van der Waals surface area contributed by atoms with Gasteiger partial charge in [0.1, 0.15) is 0 Å². The summed E-state index contributed by atoms with van der Waals surface area (Å²) in [6.07, 6.45) is 0. The molecule has 0 bridgehead atoms. The maximum absolute atomic E-state index is 12.1. The van der Waals surface area contributed by atoms with Gasteiger partial charge < -0.3 is 0 Å². The van der Waals surface area contributed by atoms with Crippen LogP contribution in [0.25, 0.3) is 0 Å². The topological polar surface area (TPSA) is 46.5 Å². The number of ether oxygens (including phenoxy) is 1. The molecule has 0 fully saturated rings. The first kappa shape index (κ1) is 17.0. The molecule has 3 nitrogen and oxygen atoms in total. The van der Waals surface area contributed by atoms with Gasteiger partial charge in [-0.1, -0.05) is 0 Å². The van der Waals surface area contributed by atoms with Gasteiger partial charge in [-0.3, -0.25) is 0 Å². The first-order chi connectivity index (χ1) is 10.5. The quantitative estimate of drug-likeness (QED) is 0.616. The minimum absolute atomic E-state index is 0.00236. The molecule has 0 saturated heterocycles. The van der Waals surface area contributed by atoms with Crippen molar-refractivity contribution in [1.29, 1.82) is 0 Å². The molecule has 2 aromatic rings. The van der Waals surface area contributed by atoms with E-state index in [-0.39, 0.29) is 28.2 Å². The molecule has 1 atom stereocenters. The van der Waals surface area contributed by atoms with Gasteiger partial charge in [-0.2, -0.15) is 0 Å². The zero-order valence-electron chi connectivity index (χ0n) is 12.2. The fraction of sp³-hybridized carbons (Fsp3) is 0.235. The second kappa shape index (κ2) is 7.80. The Labute approximate surface area is 141 Å². The molecule has 0 aromatic heterocycles. The van der Waals surface area contributed by atoms with Gasteiger partial charge >= 0.3 is 141 Å². The molecule has 1 N–H and O–H groups in total. The van der Waals surface area contributed by atoms with E-state index in [2.05, 4.69) is 0 Å². The molecule has 0 heterocycles. The Morgan fingerprint density at radius 3 is 2.59 bits per heavy atom. The first-order valence-corrected chi connectivity index (χ1v) is 8.89. The number of halogens is 1. The van der Waals surface area contributed by atoms with E-state index in [1.54, 1.807) is 24.3 Å². The van der Waals surface area contributed by atoms with Crippen LogP contribution in [0.3, 0.4) is 0 Å². The summed E-state index contributed by atoms with van der Waals surface area (Å²) < 4.78 is 6.07. The van der Waals surface area contributed by atoms with Gasteiger partial charge in [0, 0.05) is 0 Å². The van der Waals surface area contributed by atoms with Crippen molar-refractivity contribution in [3.05, 3.63) is 65.2 Å². The van der Waals surface area contributed by atoms with Gasteiger partial charge in [-0.05, 0) is 0 Å². The van der Waals surface area contributed by atoms with Crippen LogP contribution in [-0.4, -0.2) is 39.2 Å². The first-order valence-electron chi connectivity index (χ1n) is 6.80. The van der Waals surface area contributed by atoms with Crippen molar-refractivity contribution in [3.63, 3.8) is 0 Å². The summed E-state index contributed by atoms with van der Waals surface area (Å²) in [6.45, 7) is 2.06. The number of aliphatic hydroxyl groups is 1. The molecule has 0 spiro atoms. The van der Waals surface area contributed by atoms with Crippen LogP contribution in [0.5, 0.6) is 0 Å². The number of esters is 1. The van der Waals surface area contributed by atoms with Crippen molar-refractivity contribution in [3.8, 4) is 0 Å². The van der Waals surface area contributed by atoms with Crippen LogP contribution < -0.4 is 4.46 Å². The molecule has 0 radical (unpaired) electrons. The summed E-state index contributed by atoms with van der Waals surface area (Å²) in [5.74, 6) is -0.425. The summed E-state index contributed by atoms with van der Waals surface area (Å²) in [4.78, 5) is 12.1. The van der Waals surface area contributed by atoms with Crippen LogP contribution in [-0.2, 0) is 4.74 Å². The third kappa shape index (κ3) is 4.85. The Morgan fingerprint density at radius 2 is 1.95 bits per heavy atom. The molecular formula is C17H17ClO3Se. The normalized spacial score (nSPS) is 13.4. The van der Waals surface area contributed by atoms with Crippen molar-refractivity contribution < 1.29 is 14.6 Å². The molecule has 0 aliphatic rings. The van der Waals surface area contributed by atoms with Gasteiger partial charge in [0.2, 0.25) is 0 Å². The van der Waals surface area contributed by atoms with Crippen LogP contribution in [0.4, 0.5) is 0 Å². The van der Waals surface area contributed by atoms with Crippen molar-refractivity contribution in [2.45, 2.75) is 11.2 Å². The fourth-order valence-electron chi connectivity index (χ4n) is 1.80. The molecule has 22 heavy (non-hydrogen) atoms. The van der Waals surface area contributed by atoms with Crippen LogP contribution >= 0.6 is 11.6 Å². The molecule has 0 aliphatic heterocycles. The predicted octanol–water partition coefficient (Wildman–Crippen LogP) is 2.70. The number of aliphatic hydroxyl groups excluding tert-OH is 1. The van der Waals surface area contributed by atoms with Gasteiger partial charge in [-0.25, -0.2) is 0 Å². The van der Waals surface area contributed by atoms with Crippen molar-refractivity contribution in [1.82, 2.24) is 0 Å². The maximum atomic E-state index is 12.1. The summed E-state index contributed by atoms with van der Waals surface area (Å²) in [6, 6.07) is 16.6. The molecule has 5 heteroatoms. The van der Waals surface area contributed by atoms with E-state index in [0.29, 0.717) is 10.6 Å². The number of benzene rings is 2. The fourth-order valence-corrected chi connectivity index (χ4v) is 4.18. The molecular weight excluding hydrogens is 367 g/mol. The van der Waals surface area contributed by atoms with Gasteiger partial charge in [0.25, 0.3) is 0 Å². The van der Waals surface area contributed by atoms with E-state index in [0.717, 1.165) is 4.46 Å². The molecule has 1 unspecified atom stereocenters. The van der Waals surface area contributed by atoms with E-state index in [4.69, 9.17) is 16.3 Å². The molecule has 0 aliphatic carbocycles.